The Balaban J connectivity index is 2.72. The van der Waals surface area contributed by atoms with Gasteiger partial charge in [0.1, 0.15) is 5.75 Å². The molecule has 0 unspecified atom stereocenters. The van der Waals surface area contributed by atoms with Crippen LogP contribution in [-0.2, 0) is 6.54 Å². The molecular weight excluding hydrogens is 208 g/mol. The normalized spacial score (nSPS) is 10.6. The summed E-state index contributed by atoms with van der Waals surface area (Å²) in [6, 6.07) is 5.30. The van der Waals surface area contributed by atoms with E-state index in [1.54, 1.807) is 25.3 Å². The molecule has 0 saturated carbocycles. The molecule has 0 spiro atoms. The van der Waals surface area contributed by atoms with Gasteiger partial charge < -0.3 is 14.4 Å². The summed E-state index contributed by atoms with van der Waals surface area (Å²) in [5, 5.41) is 8.92. The van der Waals surface area contributed by atoms with Crippen molar-refractivity contribution < 1.29 is 9.84 Å². The van der Waals surface area contributed by atoms with Gasteiger partial charge in [-0.05, 0) is 12.1 Å². The third-order valence-corrected chi connectivity index (χ3v) is 2.38. The average Bonchev–Trinajstić information content (AvgIpc) is 2.32. The van der Waals surface area contributed by atoms with Gasteiger partial charge in [-0.25, -0.2) is 4.98 Å². The fourth-order valence-corrected chi connectivity index (χ4v) is 1.60. The second-order valence-corrected chi connectivity index (χ2v) is 3.33. The molecule has 1 N–H and O–H groups in total. The zero-order valence-electron chi connectivity index (χ0n) is 8.88. The van der Waals surface area contributed by atoms with E-state index in [9.17, 15) is 4.79 Å². The van der Waals surface area contributed by atoms with E-state index in [2.05, 4.69) is 4.98 Å². The molecule has 0 aliphatic rings. The van der Waals surface area contributed by atoms with E-state index in [-0.39, 0.29) is 18.7 Å². The van der Waals surface area contributed by atoms with Crippen LogP contribution in [-0.4, -0.2) is 28.4 Å². The van der Waals surface area contributed by atoms with E-state index in [1.807, 2.05) is 0 Å². The highest BCUT2D eigenvalue weighted by Crippen LogP contribution is 2.17. The van der Waals surface area contributed by atoms with Gasteiger partial charge in [0.2, 0.25) is 0 Å². The van der Waals surface area contributed by atoms with Crippen LogP contribution in [0.4, 0.5) is 0 Å². The van der Waals surface area contributed by atoms with Crippen molar-refractivity contribution in [3.63, 3.8) is 0 Å². The Bertz CT molecular complexity index is 563. The van der Waals surface area contributed by atoms with Crippen molar-refractivity contribution in [1.82, 2.24) is 9.55 Å². The van der Waals surface area contributed by atoms with Crippen molar-refractivity contribution in [3.8, 4) is 5.75 Å². The van der Waals surface area contributed by atoms with Gasteiger partial charge in [0.25, 0.3) is 5.56 Å². The Labute approximate surface area is 91.9 Å². The molecule has 0 aliphatic carbocycles. The summed E-state index contributed by atoms with van der Waals surface area (Å²) >= 11 is 0. The van der Waals surface area contributed by atoms with Gasteiger partial charge in [0, 0.05) is 12.6 Å². The third-order valence-electron chi connectivity index (χ3n) is 2.38. The smallest absolute Gasteiger partial charge is 0.269 e. The standard InChI is InChI=1S/C11H12N2O3/c1-16-8-2-3-9-10(6-8)13(4-5-14)11(15)7-12-9/h2-3,6-7,14H,4-5H2,1H3. The molecule has 5 nitrogen and oxygen atoms in total. The van der Waals surface area contributed by atoms with Gasteiger partial charge in [0.05, 0.1) is 30.9 Å². The highest BCUT2D eigenvalue weighted by molar-refractivity contribution is 5.76. The monoisotopic (exact) mass is 220 g/mol. The first kappa shape index (κ1) is 10.6. The first-order valence-electron chi connectivity index (χ1n) is 4.90. The molecule has 1 aromatic carbocycles. The van der Waals surface area contributed by atoms with E-state index in [1.165, 1.54) is 10.8 Å². The first-order valence-corrected chi connectivity index (χ1v) is 4.90. The van der Waals surface area contributed by atoms with Gasteiger partial charge >= 0.3 is 0 Å². The summed E-state index contributed by atoms with van der Waals surface area (Å²) in [6.45, 7) is 0.168. The number of ether oxygens (including phenoxy) is 1. The lowest BCUT2D eigenvalue weighted by Crippen LogP contribution is -2.22. The second-order valence-electron chi connectivity index (χ2n) is 3.33. The molecule has 0 aliphatic heterocycles. The predicted molar refractivity (Wildman–Crippen MR) is 59.6 cm³/mol. The summed E-state index contributed by atoms with van der Waals surface area (Å²) in [6.07, 6.45) is 1.25. The van der Waals surface area contributed by atoms with E-state index in [0.29, 0.717) is 16.8 Å². The number of aliphatic hydroxyl groups excluding tert-OH is 1. The zero-order chi connectivity index (χ0) is 11.5. The molecule has 0 saturated heterocycles. The van der Waals surface area contributed by atoms with E-state index in [0.717, 1.165) is 0 Å². The van der Waals surface area contributed by atoms with Gasteiger partial charge in [-0.1, -0.05) is 0 Å². The maximum absolute atomic E-state index is 11.6. The van der Waals surface area contributed by atoms with Crippen LogP contribution < -0.4 is 10.3 Å². The van der Waals surface area contributed by atoms with Crippen LogP contribution in [0.1, 0.15) is 0 Å². The molecular formula is C11H12N2O3. The van der Waals surface area contributed by atoms with Gasteiger partial charge in [-0.3, -0.25) is 4.79 Å². The number of nitrogens with zero attached hydrogens (tertiary/aromatic N) is 2. The topological polar surface area (TPSA) is 64.3 Å². The van der Waals surface area contributed by atoms with Crippen LogP contribution in [0, 0.1) is 0 Å². The molecule has 0 atom stereocenters. The largest absolute Gasteiger partial charge is 0.497 e. The Morgan fingerprint density at radius 3 is 3.00 bits per heavy atom. The number of benzene rings is 1. The van der Waals surface area contributed by atoms with Crippen molar-refractivity contribution in [2.45, 2.75) is 6.54 Å². The van der Waals surface area contributed by atoms with Crippen LogP contribution in [0.2, 0.25) is 0 Å². The summed E-state index contributed by atoms with van der Waals surface area (Å²) in [5.41, 5.74) is 1.14. The summed E-state index contributed by atoms with van der Waals surface area (Å²) in [4.78, 5) is 15.6. The van der Waals surface area contributed by atoms with Crippen LogP contribution in [0.15, 0.2) is 29.2 Å². The van der Waals surface area contributed by atoms with Crippen LogP contribution >= 0.6 is 0 Å². The molecule has 0 fully saturated rings. The molecule has 0 bridgehead atoms. The van der Waals surface area contributed by atoms with E-state index >= 15 is 0 Å². The SMILES string of the molecule is COc1ccc2ncc(=O)n(CCO)c2c1. The van der Waals surface area contributed by atoms with Crippen molar-refractivity contribution in [3.05, 3.63) is 34.7 Å². The molecule has 0 amide bonds. The lowest BCUT2D eigenvalue weighted by atomic mass is 10.2. The second kappa shape index (κ2) is 4.32. The minimum Gasteiger partial charge on any atom is -0.497 e. The molecule has 84 valence electrons. The maximum Gasteiger partial charge on any atom is 0.269 e. The quantitative estimate of drug-likeness (QED) is 0.813. The summed E-state index contributed by atoms with van der Waals surface area (Å²) in [5.74, 6) is 0.659. The first-order chi connectivity index (χ1) is 7.76. The number of aromatic nitrogens is 2. The van der Waals surface area contributed by atoms with Crippen molar-refractivity contribution in [2.75, 3.05) is 13.7 Å². The van der Waals surface area contributed by atoms with E-state index < -0.39 is 0 Å². The van der Waals surface area contributed by atoms with Gasteiger partial charge in [-0.15, -0.1) is 0 Å². The Kier molecular flexibility index (Phi) is 2.87. The van der Waals surface area contributed by atoms with E-state index in [4.69, 9.17) is 9.84 Å². The number of hydrogen-bond donors (Lipinski definition) is 1. The van der Waals surface area contributed by atoms with Crippen molar-refractivity contribution in [1.29, 1.82) is 0 Å². The number of fused-ring (bicyclic) bond motifs is 1. The maximum atomic E-state index is 11.6. The fraction of sp³-hybridized carbons (Fsp3) is 0.273. The summed E-state index contributed by atoms with van der Waals surface area (Å²) < 4.78 is 6.57. The Hall–Kier alpha value is -1.88. The molecule has 0 radical (unpaired) electrons. The molecule has 2 aromatic rings. The average molecular weight is 220 g/mol. The van der Waals surface area contributed by atoms with Crippen molar-refractivity contribution in [2.24, 2.45) is 0 Å². The molecule has 1 aromatic heterocycles. The number of hydrogen-bond acceptors (Lipinski definition) is 4. The van der Waals surface area contributed by atoms with Gasteiger partial charge in [-0.2, -0.15) is 0 Å². The summed E-state index contributed by atoms with van der Waals surface area (Å²) in [7, 11) is 1.56. The van der Waals surface area contributed by atoms with Crippen LogP contribution in [0.25, 0.3) is 11.0 Å². The van der Waals surface area contributed by atoms with Crippen LogP contribution in [0.5, 0.6) is 5.75 Å². The fourth-order valence-electron chi connectivity index (χ4n) is 1.60. The molecule has 1 heterocycles. The highest BCUT2D eigenvalue weighted by Gasteiger charge is 2.04. The Morgan fingerprint density at radius 2 is 2.31 bits per heavy atom. The highest BCUT2D eigenvalue weighted by atomic mass is 16.5. The van der Waals surface area contributed by atoms with Crippen LogP contribution in [0.3, 0.4) is 0 Å². The molecule has 2 rings (SSSR count). The Morgan fingerprint density at radius 1 is 1.50 bits per heavy atom. The predicted octanol–water partition coefficient (Wildman–Crippen LogP) is 0.397. The zero-order valence-corrected chi connectivity index (χ0v) is 8.88. The number of aliphatic hydroxyl groups is 1. The van der Waals surface area contributed by atoms with Gasteiger partial charge in [0.15, 0.2) is 0 Å². The minimum atomic E-state index is -0.227. The third kappa shape index (κ3) is 1.77. The van der Waals surface area contributed by atoms with Crippen molar-refractivity contribution >= 4 is 11.0 Å². The molecule has 16 heavy (non-hydrogen) atoms. The minimum absolute atomic E-state index is 0.0871. The molecule has 5 heteroatoms. The number of rotatable bonds is 3. The lowest BCUT2D eigenvalue weighted by molar-refractivity contribution is 0.276. The number of methoxy groups -OCH3 is 1. The lowest BCUT2D eigenvalue weighted by Gasteiger charge is -2.08.